The standard InChI is InChI=1S/C39H32O14/c1-20-35(51-30(45)16-6-21-2-10-24(40)11-3-21)38(52-31(46)17-7-22-4-12-25(41)13-5-22)34(48)39(49-20)53-37-33(47)32-28(44)18-27(43)19-29(32)50-36(37)23-8-14-26(42)15-9-23/h2-20,34-35,38-44,48H,1H3/t20-,34-,35-,38-,39-/m0/s1. The highest BCUT2D eigenvalue weighted by atomic mass is 16.7. The molecule has 0 bridgehead atoms. The summed E-state index contributed by atoms with van der Waals surface area (Å²) in [6.45, 7) is 1.45. The van der Waals surface area contributed by atoms with Crippen molar-refractivity contribution >= 4 is 35.1 Å². The lowest BCUT2D eigenvalue weighted by atomic mass is 9.99. The van der Waals surface area contributed by atoms with E-state index in [-0.39, 0.29) is 39.5 Å². The number of phenols is 5. The number of benzene rings is 4. The molecule has 4 aromatic carbocycles. The SMILES string of the molecule is C[C@@H]1O[C@@H](Oc2c(-c3ccc(O)cc3)oc3cc(O)cc(O)c3c2=O)[C@@H](O)[C@H](OC(=O)C=Cc2ccc(O)cc2)[C@H]1OC(=O)C=Cc1ccc(O)cc1. The zero-order valence-corrected chi connectivity index (χ0v) is 27.7. The number of esters is 2. The molecule has 5 atom stereocenters. The highest BCUT2D eigenvalue weighted by Gasteiger charge is 2.49. The average Bonchev–Trinajstić information content (AvgIpc) is 3.12. The van der Waals surface area contributed by atoms with Crippen LogP contribution in [0.1, 0.15) is 18.1 Å². The van der Waals surface area contributed by atoms with Crippen molar-refractivity contribution in [2.24, 2.45) is 0 Å². The highest BCUT2D eigenvalue weighted by Crippen LogP contribution is 2.38. The van der Waals surface area contributed by atoms with E-state index in [1.165, 1.54) is 67.6 Å². The average molecular weight is 725 g/mol. The van der Waals surface area contributed by atoms with Crippen molar-refractivity contribution in [2.75, 3.05) is 0 Å². The lowest BCUT2D eigenvalue weighted by molar-refractivity contribution is -0.275. The summed E-state index contributed by atoms with van der Waals surface area (Å²) in [5.74, 6) is -3.72. The highest BCUT2D eigenvalue weighted by molar-refractivity contribution is 5.89. The van der Waals surface area contributed by atoms with Crippen LogP contribution in [0.3, 0.4) is 0 Å². The molecule has 1 saturated heterocycles. The number of hydrogen-bond acceptors (Lipinski definition) is 14. The third-order valence-electron chi connectivity index (χ3n) is 8.15. The Balaban J connectivity index is 1.34. The Labute approximate surface area is 300 Å². The Morgan fingerprint density at radius 1 is 0.698 bits per heavy atom. The molecule has 14 nitrogen and oxygen atoms in total. The van der Waals surface area contributed by atoms with Crippen LogP contribution >= 0.6 is 0 Å². The van der Waals surface area contributed by atoms with Gasteiger partial charge in [0.25, 0.3) is 0 Å². The second-order valence-electron chi connectivity index (χ2n) is 11.9. The first-order chi connectivity index (χ1) is 25.4. The number of aromatic hydroxyl groups is 5. The number of hydrogen-bond donors (Lipinski definition) is 6. The smallest absolute Gasteiger partial charge is 0.331 e. The summed E-state index contributed by atoms with van der Waals surface area (Å²) in [6, 6.07) is 19.3. The van der Waals surface area contributed by atoms with Crippen LogP contribution < -0.4 is 10.2 Å². The van der Waals surface area contributed by atoms with Crippen LogP contribution in [-0.4, -0.2) is 73.3 Å². The maximum Gasteiger partial charge on any atom is 0.331 e. The number of carbonyl (C=O) groups excluding carboxylic acids is 2. The van der Waals surface area contributed by atoms with E-state index < -0.39 is 65.3 Å². The number of phenolic OH excluding ortho intramolecular Hbond substituents is 5. The first-order valence-corrected chi connectivity index (χ1v) is 16.0. The molecule has 1 aliphatic rings. The maximum atomic E-state index is 13.9. The third kappa shape index (κ3) is 8.25. The molecule has 6 rings (SSSR count). The van der Waals surface area contributed by atoms with Crippen LogP contribution in [0, 0.1) is 0 Å². The van der Waals surface area contributed by atoms with E-state index in [0.717, 1.165) is 24.3 Å². The monoisotopic (exact) mass is 724 g/mol. The van der Waals surface area contributed by atoms with Crippen molar-refractivity contribution in [3.63, 3.8) is 0 Å². The molecule has 0 saturated carbocycles. The Hall–Kier alpha value is -6.77. The minimum atomic E-state index is -1.91. The minimum absolute atomic E-state index is 0.0154. The fraction of sp³-hybridized carbons (Fsp3) is 0.154. The van der Waals surface area contributed by atoms with Gasteiger partial charge < -0.3 is 54.0 Å². The van der Waals surface area contributed by atoms with Gasteiger partial charge in [0.2, 0.25) is 17.5 Å². The predicted molar refractivity (Wildman–Crippen MR) is 188 cm³/mol. The van der Waals surface area contributed by atoms with Gasteiger partial charge in [-0.25, -0.2) is 9.59 Å². The van der Waals surface area contributed by atoms with Crippen LogP contribution in [0.2, 0.25) is 0 Å². The molecule has 14 heteroatoms. The lowest BCUT2D eigenvalue weighted by Gasteiger charge is -2.41. The molecule has 2 heterocycles. The van der Waals surface area contributed by atoms with E-state index in [0.29, 0.717) is 11.1 Å². The number of aliphatic hydroxyl groups is 1. The summed E-state index contributed by atoms with van der Waals surface area (Å²) in [5.41, 5.74) is 0.177. The van der Waals surface area contributed by atoms with Crippen molar-refractivity contribution in [3.05, 3.63) is 118 Å². The van der Waals surface area contributed by atoms with Gasteiger partial charge in [-0.3, -0.25) is 4.79 Å². The van der Waals surface area contributed by atoms with E-state index >= 15 is 0 Å². The zero-order valence-electron chi connectivity index (χ0n) is 27.7. The Kier molecular flexibility index (Phi) is 10.4. The van der Waals surface area contributed by atoms with Crippen molar-refractivity contribution in [1.29, 1.82) is 0 Å². The van der Waals surface area contributed by atoms with E-state index in [1.54, 1.807) is 24.3 Å². The topological polar surface area (TPSA) is 223 Å². The van der Waals surface area contributed by atoms with Gasteiger partial charge in [0.1, 0.15) is 39.7 Å². The van der Waals surface area contributed by atoms with Crippen LogP contribution in [0.5, 0.6) is 34.5 Å². The molecule has 5 aromatic rings. The maximum absolute atomic E-state index is 13.9. The number of fused-ring (bicyclic) bond motifs is 1. The van der Waals surface area contributed by atoms with Crippen molar-refractivity contribution in [2.45, 2.75) is 37.6 Å². The summed E-state index contributed by atoms with van der Waals surface area (Å²) in [6.07, 6.45) is -2.91. The van der Waals surface area contributed by atoms with Gasteiger partial charge >= 0.3 is 11.9 Å². The van der Waals surface area contributed by atoms with Crippen LogP contribution in [0.25, 0.3) is 34.4 Å². The summed E-state index contributed by atoms with van der Waals surface area (Å²) < 4.78 is 29.0. The van der Waals surface area contributed by atoms with Crippen LogP contribution in [0.15, 0.2) is 106 Å². The fourth-order valence-corrected chi connectivity index (χ4v) is 5.52. The largest absolute Gasteiger partial charge is 0.508 e. The Morgan fingerprint density at radius 3 is 1.75 bits per heavy atom. The summed E-state index contributed by atoms with van der Waals surface area (Å²) in [5, 5.41) is 60.8. The Bertz CT molecular complexity index is 2240. The zero-order chi connectivity index (χ0) is 37.8. The van der Waals surface area contributed by atoms with Crippen molar-refractivity contribution < 1.29 is 63.6 Å². The molecule has 53 heavy (non-hydrogen) atoms. The van der Waals surface area contributed by atoms with Gasteiger partial charge in [0, 0.05) is 29.8 Å². The molecule has 0 spiro atoms. The second-order valence-corrected chi connectivity index (χ2v) is 11.9. The van der Waals surface area contributed by atoms with Crippen molar-refractivity contribution in [1.82, 2.24) is 0 Å². The quantitative estimate of drug-likeness (QED) is 0.0894. The molecule has 0 radical (unpaired) electrons. The molecule has 0 unspecified atom stereocenters. The molecule has 0 aliphatic carbocycles. The molecule has 1 aliphatic heterocycles. The molecule has 1 aromatic heterocycles. The summed E-state index contributed by atoms with van der Waals surface area (Å²) >= 11 is 0. The molecule has 272 valence electrons. The molecular formula is C39H32O14. The van der Waals surface area contributed by atoms with Crippen LogP contribution in [-0.2, 0) is 23.8 Å². The van der Waals surface area contributed by atoms with Gasteiger partial charge in [-0.2, -0.15) is 0 Å². The van der Waals surface area contributed by atoms with E-state index in [1.807, 2.05) is 0 Å². The molecular weight excluding hydrogens is 692 g/mol. The number of carbonyl (C=O) groups is 2. The second kappa shape index (κ2) is 15.2. The van der Waals surface area contributed by atoms with E-state index in [9.17, 15) is 45.0 Å². The summed E-state index contributed by atoms with van der Waals surface area (Å²) in [4.78, 5) is 40.0. The number of rotatable bonds is 9. The minimum Gasteiger partial charge on any atom is -0.508 e. The lowest BCUT2D eigenvalue weighted by Crippen LogP contribution is -2.61. The third-order valence-corrected chi connectivity index (χ3v) is 8.15. The van der Waals surface area contributed by atoms with E-state index in [4.69, 9.17) is 23.4 Å². The van der Waals surface area contributed by atoms with Gasteiger partial charge in [-0.15, -0.1) is 0 Å². The number of ether oxygens (including phenoxy) is 4. The van der Waals surface area contributed by atoms with Crippen LogP contribution in [0.4, 0.5) is 0 Å². The van der Waals surface area contributed by atoms with Crippen molar-refractivity contribution in [3.8, 4) is 45.8 Å². The Morgan fingerprint density at radius 2 is 1.21 bits per heavy atom. The fourth-order valence-electron chi connectivity index (χ4n) is 5.52. The molecule has 1 fully saturated rings. The first-order valence-electron chi connectivity index (χ1n) is 16.0. The molecule has 0 amide bonds. The predicted octanol–water partition coefficient (Wildman–Crippen LogP) is 4.72. The normalized spacial score (nSPS) is 20.1. The van der Waals surface area contributed by atoms with E-state index in [2.05, 4.69) is 0 Å². The van der Waals surface area contributed by atoms with Gasteiger partial charge in [-0.1, -0.05) is 24.3 Å². The first kappa shape index (κ1) is 36.0. The molecule has 6 N–H and O–H groups in total. The number of aliphatic hydroxyl groups excluding tert-OH is 1. The summed E-state index contributed by atoms with van der Waals surface area (Å²) in [7, 11) is 0. The van der Waals surface area contributed by atoms with Gasteiger partial charge in [0.15, 0.2) is 24.1 Å². The van der Waals surface area contributed by atoms with Gasteiger partial charge in [-0.05, 0) is 78.7 Å². The van der Waals surface area contributed by atoms with Gasteiger partial charge in [0.05, 0.1) is 6.10 Å².